The number of benzene rings is 1. The van der Waals surface area contributed by atoms with Gasteiger partial charge < -0.3 is 5.32 Å². The molecule has 0 aliphatic carbocycles. The maximum Gasteiger partial charge on any atom is 0.123 e. The molecule has 3 rings (SSSR count). The summed E-state index contributed by atoms with van der Waals surface area (Å²) in [5.41, 5.74) is 2.87. The zero-order valence-corrected chi connectivity index (χ0v) is 12.1. The van der Waals surface area contributed by atoms with Crippen LogP contribution in [-0.4, -0.2) is 34.5 Å². The number of hydrogen-bond donors (Lipinski definition) is 1. The summed E-state index contributed by atoms with van der Waals surface area (Å²) < 4.78 is 13.5. The summed E-state index contributed by atoms with van der Waals surface area (Å²) >= 11 is 0. The number of nitrogens with one attached hydrogen (secondary N) is 1. The Bertz CT molecular complexity index is 599. The first-order valence-corrected chi connectivity index (χ1v) is 7.20. The Morgan fingerprint density at radius 1 is 1.33 bits per heavy atom. The Morgan fingerprint density at radius 2 is 2.24 bits per heavy atom. The van der Waals surface area contributed by atoms with Crippen molar-refractivity contribution in [1.29, 1.82) is 0 Å². The van der Waals surface area contributed by atoms with E-state index in [4.69, 9.17) is 0 Å². The van der Waals surface area contributed by atoms with E-state index in [-0.39, 0.29) is 11.9 Å². The molecule has 0 saturated carbocycles. The average molecular weight is 286 g/mol. The van der Waals surface area contributed by atoms with Gasteiger partial charge in [-0.25, -0.2) is 4.39 Å². The van der Waals surface area contributed by atoms with Gasteiger partial charge in [-0.3, -0.25) is 14.9 Å². The predicted octanol–water partition coefficient (Wildman–Crippen LogP) is 2.07. The molecule has 0 spiro atoms. The fourth-order valence-electron chi connectivity index (χ4n) is 2.69. The van der Waals surface area contributed by atoms with E-state index >= 15 is 0 Å². The Balaban J connectivity index is 1.79. The van der Waals surface area contributed by atoms with E-state index < -0.39 is 0 Å². The van der Waals surface area contributed by atoms with Gasteiger partial charge in [-0.1, -0.05) is 12.1 Å². The van der Waals surface area contributed by atoms with Crippen molar-refractivity contribution in [3.63, 3.8) is 0 Å². The van der Waals surface area contributed by atoms with Crippen molar-refractivity contribution in [3.8, 4) is 0 Å². The summed E-state index contributed by atoms with van der Waals surface area (Å²) in [6.45, 7) is 5.33. The SMILES string of the molecule is Cc1cnc(CN2CCNCC2c2cccc(F)c2)cn1. The molecular formula is C16H19FN4. The lowest BCUT2D eigenvalue weighted by molar-refractivity contribution is 0.151. The molecule has 0 radical (unpaired) electrons. The van der Waals surface area contributed by atoms with E-state index in [9.17, 15) is 4.39 Å². The lowest BCUT2D eigenvalue weighted by Crippen LogP contribution is -2.45. The molecule has 1 aromatic carbocycles. The molecule has 5 heteroatoms. The van der Waals surface area contributed by atoms with Crippen LogP contribution in [0.1, 0.15) is 23.0 Å². The van der Waals surface area contributed by atoms with Crippen molar-refractivity contribution in [2.45, 2.75) is 19.5 Å². The third-order valence-corrected chi connectivity index (χ3v) is 3.79. The monoisotopic (exact) mass is 286 g/mol. The van der Waals surface area contributed by atoms with Crippen LogP contribution in [0.25, 0.3) is 0 Å². The molecule has 1 N–H and O–H groups in total. The normalized spacial score (nSPS) is 19.6. The average Bonchev–Trinajstić information content (AvgIpc) is 2.50. The molecule has 110 valence electrons. The second-order valence-electron chi connectivity index (χ2n) is 5.39. The predicted molar refractivity (Wildman–Crippen MR) is 79.2 cm³/mol. The fourth-order valence-corrected chi connectivity index (χ4v) is 2.69. The molecule has 1 aromatic heterocycles. The molecule has 1 aliphatic rings. The molecule has 2 heterocycles. The molecule has 0 bridgehead atoms. The van der Waals surface area contributed by atoms with Gasteiger partial charge in [0, 0.05) is 44.6 Å². The van der Waals surface area contributed by atoms with E-state index in [1.807, 2.05) is 19.2 Å². The molecule has 4 nitrogen and oxygen atoms in total. The topological polar surface area (TPSA) is 41.1 Å². The lowest BCUT2D eigenvalue weighted by Gasteiger charge is -2.36. The number of rotatable bonds is 3. The third-order valence-electron chi connectivity index (χ3n) is 3.79. The second-order valence-corrected chi connectivity index (χ2v) is 5.39. The quantitative estimate of drug-likeness (QED) is 0.938. The highest BCUT2D eigenvalue weighted by molar-refractivity contribution is 5.21. The van der Waals surface area contributed by atoms with Crippen LogP contribution in [0, 0.1) is 12.7 Å². The standard InChI is InChI=1S/C16H19FN4/c1-12-8-20-15(9-19-12)11-21-6-5-18-10-16(21)13-3-2-4-14(17)7-13/h2-4,7-9,16,18H,5-6,10-11H2,1H3. The van der Waals surface area contributed by atoms with E-state index in [0.717, 1.165) is 43.1 Å². The van der Waals surface area contributed by atoms with Crippen molar-refractivity contribution in [2.75, 3.05) is 19.6 Å². The minimum absolute atomic E-state index is 0.164. The third kappa shape index (κ3) is 3.43. The summed E-state index contributed by atoms with van der Waals surface area (Å²) in [6.07, 6.45) is 3.61. The Labute approximate surface area is 124 Å². The van der Waals surface area contributed by atoms with Gasteiger partial charge in [-0.05, 0) is 24.6 Å². The van der Waals surface area contributed by atoms with Crippen LogP contribution in [-0.2, 0) is 6.54 Å². The fraction of sp³-hybridized carbons (Fsp3) is 0.375. The van der Waals surface area contributed by atoms with E-state index in [0.29, 0.717) is 0 Å². The number of piperazine rings is 1. The molecule has 1 unspecified atom stereocenters. The molecule has 2 aromatic rings. The number of halogens is 1. The van der Waals surface area contributed by atoms with Gasteiger partial charge in [0.05, 0.1) is 11.4 Å². The smallest absolute Gasteiger partial charge is 0.123 e. The van der Waals surface area contributed by atoms with Crippen molar-refractivity contribution in [2.24, 2.45) is 0 Å². The van der Waals surface area contributed by atoms with Crippen LogP contribution in [0.3, 0.4) is 0 Å². The summed E-state index contributed by atoms with van der Waals surface area (Å²) in [7, 11) is 0. The minimum atomic E-state index is -0.187. The lowest BCUT2D eigenvalue weighted by atomic mass is 10.0. The van der Waals surface area contributed by atoms with E-state index in [2.05, 4.69) is 20.2 Å². The van der Waals surface area contributed by atoms with Crippen LogP contribution < -0.4 is 5.32 Å². The van der Waals surface area contributed by atoms with Crippen molar-refractivity contribution < 1.29 is 4.39 Å². The van der Waals surface area contributed by atoms with Gasteiger partial charge in [0.15, 0.2) is 0 Å². The number of aryl methyl sites for hydroxylation is 1. The maximum absolute atomic E-state index is 13.5. The van der Waals surface area contributed by atoms with Gasteiger partial charge in [0.2, 0.25) is 0 Å². The summed E-state index contributed by atoms with van der Waals surface area (Å²) in [6, 6.07) is 7.01. The van der Waals surface area contributed by atoms with Crippen LogP contribution in [0.5, 0.6) is 0 Å². The number of nitrogens with zero attached hydrogens (tertiary/aromatic N) is 3. The van der Waals surface area contributed by atoms with Crippen LogP contribution in [0.2, 0.25) is 0 Å². The van der Waals surface area contributed by atoms with Crippen molar-refractivity contribution in [3.05, 3.63) is 59.4 Å². The minimum Gasteiger partial charge on any atom is -0.314 e. The zero-order chi connectivity index (χ0) is 14.7. The Kier molecular flexibility index (Phi) is 4.22. The van der Waals surface area contributed by atoms with Gasteiger partial charge in [0.1, 0.15) is 5.82 Å². The highest BCUT2D eigenvalue weighted by atomic mass is 19.1. The summed E-state index contributed by atoms with van der Waals surface area (Å²) in [5.74, 6) is -0.187. The second kappa shape index (κ2) is 6.28. The van der Waals surface area contributed by atoms with Gasteiger partial charge in [-0.2, -0.15) is 0 Å². The van der Waals surface area contributed by atoms with Crippen LogP contribution in [0.15, 0.2) is 36.7 Å². The van der Waals surface area contributed by atoms with Crippen LogP contribution in [0.4, 0.5) is 4.39 Å². The molecule has 0 amide bonds. The van der Waals surface area contributed by atoms with Crippen molar-refractivity contribution in [1.82, 2.24) is 20.2 Å². The van der Waals surface area contributed by atoms with E-state index in [1.165, 1.54) is 6.07 Å². The highest BCUT2D eigenvalue weighted by Crippen LogP contribution is 2.24. The maximum atomic E-state index is 13.5. The molecule has 21 heavy (non-hydrogen) atoms. The Morgan fingerprint density at radius 3 is 3.00 bits per heavy atom. The zero-order valence-electron chi connectivity index (χ0n) is 12.1. The molecule has 1 saturated heterocycles. The number of aromatic nitrogens is 2. The molecule has 1 atom stereocenters. The molecule has 1 aliphatic heterocycles. The summed E-state index contributed by atoms with van der Waals surface area (Å²) in [5, 5.41) is 3.38. The highest BCUT2D eigenvalue weighted by Gasteiger charge is 2.24. The first-order valence-electron chi connectivity index (χ1n) is 7.20. The first kappa shape index (κ1) is 14.1. The molecule has 1 fully saturated rings. The van der Waals surface area contributed by atoms with Gasteiger partial charge in [0.25, 0.3) is 0 Å². The number of hydrogen-bond acceptors (Lipinski definition) is 4. The largest absolute Gasteiger partial charge is 0.314 e. The van der Waals surface area contributed by atoms with Crippen molar-refractivity contribution >= 4 is 0 Å². The Hall–Kier alpha value is -1.85. The van der Waals surface area contributed by atoms with Gasteiger partial charge >= 0.3 is 0 Å². The molecular weight excluding hydrogens is 267 g/mol. The summed E-state index contributed by atoms with van der Waals surface area (Å²) in [4.78, 5) is 11.0. The van der Waals surface area contributed by atoms with Gasteiger partial charge in [-0.15, -0.1) is 0 Å². The van der Waals surface area contributed by atoms with E-state index in [1.54, 1.807) is 18.3 Å². The first-order chi connectivity index (χ1) is 10.2. The van der Waals surface area contributed by atoms with Crippen LogP contribution >= 0.6 is 0 Å².